The van der Waals surface area contributed by atoms with Gasteiger partial charge in [-0.1, -0.05) is 6.07 Å². The van der Waals surface area contributed by atoms with Crippen molar-refractivity contribution in [1.29, 1.82) is 0 Å². The summed E-state index contributed by atoms with van der Waals surface area (Å²) in [6.07, 6.45) is 0.0945. The van der Waals surface area contributed by atoms with Gasteiger partial charge in [-0.3, -0.25) is 14.9 Å². The molecule has 1 aromatic rings. The molecule has 0 unspecified atom stereocenters. The lowest BCUT2D eigenvalue weighted by Gasteiger charge is -2.12. The van der Waals surface area contributed by atoms with Crippen LogP contribution in [0.4, 0.5) is 11.4 Å². The maximum absolute atomic E-state index is 12.1. The van der Waals surface area contributed by atoms with Crippen LogP contribution in [0, 0.1) is 10.1 Å². The fraction of sp³-hybridized carbons (Fsp3) is 0.500. The number of hydrogen-bond donors (Lipinski definition) is 2. The molecule has 0 radical (unpaired) electrons. The second-order valence-electron chi connectivity index (χ2n) is 4.66. The maximum atomic E-state index is 12.1. The van der Waals surface area contributed by atoms with Gasteiger partial charge in [-0.05, 0) is 26.8 Å². The van der Waals surface area contributed by atoms with E-state index >= 15 is 0 Å². The Morgan fingerprint density at radius 3 is 2.71 bits per heavy atom. The predicted octanol–water partition coefficient (Wildman–Crippen LogP) is 2.18. The van der Waals surface area contributed by atoms with E-state index in [1.165, 1.54) is 12.1 Å². The molecule has 0 spiro atoms. The van der Waals surface area contributed by atoms with Crippen molar-refractivity contribution >= 4 is 17.3 Å². The SMILES string of the molecule is CCNc1c(C(=O)NCCOC(C)C)cccc1[N+](=O)[O-]. The summed E-state index contributed by atoms with van der Waals surface area (Å²) in [4.78, 5) is 22.6. The van der Waals surface area contributed by atoms with E-state index in [-0.39, 0.29) is 28.9 Å². The molecule has 7 heteroatoms. The minimum atomic E-state index is -0.503. The Bertz CT molecular complexity index is 503. The third-order valence-corrected chi connectivity index (χ3v) is 2.68. The molecule has 0 aliphatic rings. The van der Waals surface area contributed by atoms with Crippen LogP contribution in [-0.4, -0.2) is 36.6 Å². The Morgan fingerprint density at radius 2 is 2.14 bits per heavy atom. The van der Waals surface area contributed by atoms with Crippen molar-refractivity contribution in [3.05, 3.63) is 33.9 Å². The molecule has 1 amide bonds. The number of rotatable bonds is 8. The van der Waals surface area contributed by atoms with Crippen LogP contribution >= 0.6 is 0 Å². The van der Waals surface area contributed by atoms with E-state index < -0.39 is 4.92 Å². The number of nitro groups is 1. The van der Waals surface area contributed by atoms with Gasteiger partial charge in [0.2, 0.25) is 0 Å². The first-order valence-corrected chi connectivity index (χ1v) is 6.88. The van der Waals surface area contributed by atoms with Gasteiger partial charge in [0.25, 0.3) is 11.6 Å². The fourth-order valence-corrected chi connectivity index (χ4v) is 1.80. The molecule has 7 nitrogen and oxygen atoms in total. The molecule has 0 saturated carbocycles. The molecule has 21 heavy (non-hydrogen) atoms. The van der Waals surface area contributed by atoms with Gasteiger partial charge >= 0.3 is 0 Å². The van der Waals surface area contributed by atoms with Gasteiger partial charge in [-0.2, -0.15) is 0 Å². The van der Waals surface area contributed by atoms with Crippen molar-refractivity contribution in [2.24, 2.45) is 0 Å². The average Bonchev–Trinajstić information content (AvgIpc) is 2.43. The molecule has 0 bridgehead atoms. The van der Waals surface area contributed by atoms with Crippen LogP contribution in [0.15, 0.2) is 18.2 Å². The van der Waals surface area contributed by atoms with Gasteiger partial charge in [0.15, 0.2) is 0 Å². The largest absolute Gasteiger partial charge is 0.379 e. The van der Waals surface area contributed by atoms with Crippen molar-refractivity contribution in [1.82, 2.24) is 5.32 Å². The summed E-state index contributed by atoms with van der Waals surface area (Å²) < 4.78 is 5.33. The van der Waals surface area contributed by atoms with Crippen LogP contribution in [-0.2, 0) is 4.74 Å². The zero-order chi connectivity index (χ0) is 15.8. The molecule has 0 aliphatic heterocycles. The first-order chi connectivity index (χ1) is 9.97. The monoisotopic (exact) mass is 295 g/mol. The van der Waals surface area contributed by atoms with Crippen LogP contribution in [0.3, 0.4) is 0 Å². The van der Waals surface area contributed by atoms with Crippen LogP contribution < -0.4 is 10.6 Å². The summed E-state index contributed by atoms with van der Waals surface area (Å²) >= 11 is 0. The average molecular weight is 295 g/mol. The molecule has 0 heterocycles. The lowest BCUT2D eigenvalue weighted by Crippen LogP contribution is -2.29. The number of ether oxygens (including phenoxy) is 1. The minimum Gasteiger partial charge on any atom is -0.379 e. The highest BCUT2D eigenvalue weighted by Gasteiger charge is 2.20. The lowest BCUT2D eigenvalue weighted by molar-refractivity contribution is -0.384. The molecular weight excluding hydrogens is 274 g/mol. The molecule has 0 atom stereocenters. The van der Waals surface area contributed by atoms with Crippen molar-refractivity contribution in [2.45, 2.75) is 26.9 Å². The number of nitrogens with zero attached hydrogens (tertiary/aromatic N) is 1. The van der Waals surface area contributed by atoms with Gasteiger partial charge in [0, 0.05) is 19.2 Å². The Hall–Kier alpha value is -2.15. The topological polar surface area (TPSA) is 93.5 Å². The number of nitro benzene ring substituents is 1. The third kappa shape index (κ3) is 5.03. The highest BCUT2D eigenvalue weighted by atomic mass is 16.6. The molecule has 1 rings (SSSR count). The van der Waals surface area contributed by atoms with E-state index in [2.05, 4.69) is 10.6 Å². The third-order valence-electron chi connectivity index (χ3n) is 2.68. The molecule has 0 fully saturated rings. The first-order valence-electron chi connectivity index (χ1n) is 6.88. The number of anilines is 1. The molecule has 0 saturated heterocycles. The fourth-order valence-electron chi connectivity index (χ4n) is 1.80. The van der Waals surface area contributed by atoms with E-state index in [0.29, 0.717) is 19.7 Å². The highest BCUT2D eigenvalue weighted by Crippen LogP contribution is 2.28. The number of amides is 1. The summed E-state index contributed by atoms with van der Waals surface area (Å²) in [5.74, 6) is -0.359. The molecular formula is C14H21N3O4. The number of carbonyl (C=O) groups excluding carboxylic acids is 1. The molecule has 116 valence electrons. The summed E-state index contributed by atoms with van der Waals surface area (Å²) in [5, 5.41) is 16.6. The van der Waals surface area contributed by atoms with Crippen molar-refractivity contribution < 1.29 is 14.5 Å². The number of carbonyl (C=O) groups is 1. The van der Waals surface area contributed by atoms with Crippen LogP contribution in [0.2, 0.25) is 0 Å². The Kier molecular flexibility index (Phi) is 6.61. The first kappa shape index (κ1) is 16.9. The molecule has 2 N–H and O–H groups in total. The number of hydrogen-bond acceptors (Lipinski definition) is 5. The summed E-state index contributed by atoms with van der Waals surface area (Å²) in [7, 11) is 0. The second kappa shape index (κ2) is 8.21. The number of benzene rings is 1. The maximum Gasteiger partial charge on any atom is 0.293 e. The number of nitrogens with one attached hydrogen (secondary N) is 2. The Labute approximate surface area is 123 Å². The van der Waals surface area contributed by atoms with Crippen molar-refractivity contribution in [2.75, 3.05) is 25.0 Å². The summed E-state index contributed by atoms with van der Waals surface area (Å²) in [5.41, 5.74) is 0.394. The van der Waals surface area contributed by atoms with E-state index in [0.717, 1.165) is 0 Å². The molecule has 0 aromatic heterocycles. The number of para-hydroxylation sites is 1. The molecule has 1 aromatic carbocycles. The van der Waals surface area contributed by atoms with E-state index in [1.807, 2.05) is 20.8 Å². The Balaban J connectivity index is 2.83. The normalized spacial score (nSPS) is 10.5. The zero-order valence-electron chi connectivity index (χ0n) is 12.5. The predicted molar refractivity (Wildman–Crippen MR) is 80.7 cm³/mol. The van der Waals surface area contributed by atoms with Gasteiger partial charge < -0.3 is 15.4 Å². The van der Waals surface area contributed by atoms with Crippen LogP contribution in [0.5, 0.6) is 0 Å². The smallest absolute Gasteiger partial charge is 0.293 e. The van der Waals surface area contributed by atoms with Gasteiger partial charge in [-0.25, -0.2) is 0 Å². The van der Waals surface area contributed by atoms with Crippen LogP contribution in [0.25, 0.3) is 0 Å². The van der Waals surface area contributed by atoms with E-state index in [1.54, 1.807) is 6.07 Å². The zero-order valence-corrected chi connectivity index (χ0v) is 12.5. The standard InChI is InChI=1S/C14H21N3O4/c1-4-15-13-11(6-5-7-12(13)17(19)20)14(18)16-8-9-21-10(2)3/h5-7,10,15H,4,8-9H2,1-3H3,(H,16,18). The highest BCUT2D eigenvalue weighted by molar-refractivity contribution is 6.01. The lowest BCUT2D eigenvalue weighted by atomic mass is 10.1. The quantitative estimate of drug-likeness (QED) is 0.435. The minimum absolute atomic E-state index is 0.0945. The summed E-state index contributed by atoms with van der Waals surface area (Å²) in [6, 6.07) is 4.43. The van der Waals surface area contributed by atoms with E-state index in [4.69, 9.17) is 4.74 Å². The van der Waals surface area contributed by atoms with Crippen LogP contribution in [0.1, 0.15) is 31.1 Å². The van der Waals surface area contributed by atoms with Crippen molar-refractivity contribution in [3.8, 4) is 0 Å². The summed E-state index contributed by atoms with van der Waals surface area (Å²) in [6.45, 7) is 6.87. The Morgan fingerprint density at radius 1 is 1.43 bits per heavy atom. The second-order valence-corrected chi connectivity index (χ2v) is 4.66. The van der Waals surface area contributed by atoms with E-state index in [9.17, 15) is 14.9 Å². The molecule has 0 aliphatic carbocycles. The van der Waals surface area contributed by atoms with Gasteiger partial charge in [0.1, 0.15) is 5.69 Å². The van der Waals surface area contributed by atoms with Gasteiger partial charge in [-0.15, -0.1) is 0 Å². The van der Waals surface area contributed by atoms with Crippen molar-refractivity contribution in [3.63, 3.8) is 0 Å². The van der Waals surface area contributed by atoms with Gasteiger partial charge in [0.05, 0.1) is 23.2 Å².